The number of amides is 1. The van der Waals surface area contributed by atoms with E-state index in [4.69, 9.17) is 9.47 Å². The van der Waals surface area contributed by atoms with Gasteiger partial charge in [-0.15, -0.1) is 0 Å². The van der Waals surface area contributed by atoms with Crippen molar-refractivity contribution in [3.63, 3.8) is 0 Å². The van der Waals surface area contributed by atoms with E-state index < -0.39 is 35.7 Å². The van der Waals surface area contributed by atoms with E-state index in [1.54, 1.807) is 42.0 Å². The van der Waals surface area contributed by atoms with Gasteiger partial charge in [-0.05, 0) is 62.2 Å². The number of nitrogens with zero attached hydrogens (tertiary/aromatic N) is 2. The van der Waals surface area contributed by atoms with Crippen LogP contribution in [0, 0.1) is 0 Å². The smallest absolute Gasteiger partial charge is 0.323 e. The number of rotatable bonds is 9. The van der Waals surface area contributed by atoms with Crippen molar-refractivity contribution in [2.75, 3.05) is 53.6 Å². The van der Waals surface area contributed by atoms with E-state index in [9.17, 15) is 22.8 Å². The minimum absolute atomic E-state index is 0.0106. The Labute approximate surface area is 235 Å². The molecule has 1 aromatic carbocycles. The maximum absolute atomic E-state index is 13.6. The SMILES string of the molecule is CCOC(=O)CS(=O)(=O)Nc1ccc(C(=O)Nc2cccn(C3CCOCC3)c2=O)c(N2CC[Si](C)(C)CC2)c1. The second-order valence-corrected chi connectivity index (χ2v) is 18.0. The molecule has 0 bridgehead atoms. The van der Waals surface area contributed by atoms with Gasteiger partial charge in [0.2, 0.25) is 10.0 Å². The van der Waals surface area contributed by atoms with Crippen LogP contribution in [0.3, 0.4) is 0 Å². The number of carbonyl (C=O) groups excluding carboxylic acids is 2. The van der Waals surface area contributed by atoms with Crippen LogP contribution in [-0.2, 0) is 24.3 Å². The first-order valence-electron chi connectivity index (χ1n) is 13.6. The zero-order valence-corrected chi connectivity index (χ0v) is 25.1. The van der Waals surface area contributed by atoms with Gasteiger partial charge >= 0.3 is 5.97 Å². The van der Waals surface area contributed by atoms with Crippen LogP contribution in [0.5, 0.6) is 0 Å². The van der Waals surface area contributed by atoms with E-state index in [-0.39, 0.29) is 29.6 Å². The van der Waals surface area contributed by atoms with Gasteiger partial charge in [0.15, 0.2) is 5.75 Å². The van der Waals surface area contributed by atoms with Crippen LogP contribution < -0.4 is 20.5 Å². The highest BCUT2D eigenvalue weighted by atomic mass is 32.2. The molecule has 40 heavy (non-hydrogen) atoms. The van der Waals surface area contributed by atoms with Crippen molar-refractivity contribution in [1.29, 1.82) is 0 Å². The second kappa shape index (κ2) is 12.6. The first-order chi connectivity index (χ1) is 19.0. The molecule has 2 aliphatic heterocycles. The largest absolute Gasteiger partial charge is 0.465 e. The Kier molecular flexibility index (Phi) is 9.36. The number of carbonyl (C=O) groups is 2. The number of esters is 1. The van der Waals surface area contributed by atoms with Gasteiger partial charge in [-0.2, -0.15) is 0 Å². The average Bonchev–Trinajstić information content (AvgIpc) is 2.90. The molecule has 0 saturated carbocycles. The number of sulfonamides is 1. The van der Waals surface area contributed by atoms with Gasteiger partial charge in [0.05, 0.1) is 31.6 Å². The Balaban J connectivity index is 1.61. The molecule has 1 amide bonds. The molecule has 11 nitrogen and oxygen atoms in total. The van der Waals surface area contributed by atoms with Crippen LogP contribution in [0.1, 0.15) is 36.2 Å². The maximum atomic E-state index is 13.6. The third kappa shape index (κ3) is 7.52. The third-order valence-corrected chi connectivity index (χ3v) is 11.7. The fraction of sp³-hybridized carbons (Fsp3) is 0.519. The molecule has 1 aromatic heterocycles. The lowest BCUT2D eigenvalue weighted by Gasteiger charge is -2.38. The van der Waals surface area contributed by atoms with Gasteiger partial charge in [-0.25, -0.2) is 8.42 Å². The number of aromatic nitrogens is 1. The molecule has 2 aromatic rings. The number of benzene rings is 1. The van der Waals surface area contributed by atoms with Crippen molar-refractivity contribution in [1.82, 2.24) is 4.57 Å². The van der Waals surface area contributed by atoms with E-state index in [0.717, 1.165) is 38.0 Å². The number of pyridine rings is 1. The van der Waals surface area contributed by atoms with Crippen LogP contribution >= 0.6 is 0 Å². The van der Waals surface area contributed by atoms with E-state index in [0.29, 0.717) is 24.5 Å². The summed E-state index contributed by atoms with van der Waals surface area (Å²) < 4.78 is 39.4. The number of anilines is 3. The summed E-state index contributed by atoms with van der Waals surface area (Å²) in [5, 5.41) is 2.79. The Hall–Kier alpha value is -3.16. The summed E-state index contributed by atoms with van der Waals surface area (Å²) in [5.74, 6) is -2.11. The minimum atomic E-state index is -4.01. The average molecular weight is 591 g/mol. The molecule has 3 heterocycles. The van der Waals surface area contributed by atoms with E-state index >= 15 is 0 Å². The van der Waals surface area contributed by atoms with Gasteiger partial charge in [0, 0.05) is 38.5 Å². The van der Waals surface area contributed by atoms with Crippen LogP contribution in [-0.4, -0.2) is 71.6 Å². The van der Waals surface area contributed by atoms with Gasteiger partial charge in [-0.3, -0.25) is 19.1 Å². The highest BCUT2D eigenvalue weighted by molar-refractivity contribution is 7.93. The van der Waals surface area contributed by atoms with E-state index in [1.165, 1.54) is 6.07 Å². The zero-order chi connectivity index (χ0) is 28.9. The summed E-state index contributed by atoms with van der Waals surface area (Å²) in [6.07, 6.45) is 3.18. The molecular weight excluding hydrogens is 552 g/mol. The monoisotopic (exact) mass is 590 g/mol. The highest BCUT2D eigenvalue weighted by Gasteiger charge is 2.30. The summed E-state index contributed by atoms with van der Waals surface area (Å²) in [6.45, 7) is 8.99. The molecular formula is C27H38N4O7SSi. The van der Waals surface area contributed by atoms with Crippen molar-refractivity contribution in [3.8, 4) is 0 Å². The van der Waals surface area contributed by atoms with Crippen molar-refractivity contribution in [3.05, 3.63) is 52.4 Å². The molecule has 2 N–H and O–H groups in total. The van der Waals surface area contributed by atoms with E-state index in [2.05, 4.69) is 28.0 Å². The summed E-state index contributed by atoms with van der Waals surface area (Å²) in [6, 6.07) is 10.0. The Morgan fingerprint density at radius 1 is 1.12 bits per heavy atom. The lowest BCUT2D eigenvalue weighted by atomic mass is 10.1. The molecule has 0 unspecified atom stereocenters. The minimum Gasteiger partial charge on any atom is -0.465 e. The van der Waals surface area contributed by atoms with Crippen LogP contribution in [0.4, 0.5) is 17.1 Å². The molecule has 218 valence electrons. The normalized spacial score (nSPS) is 17.7. The molecule has 2 saturated heterocycles. The molecule has 2 aliphatic rings. The first-order valence-corrected chi connectivity index (χ1v) is 18.7. The fourth-order valence-corrected chi connectivity index (χ4v) is 7.97. The van der Waals surface area contributed by atoms with Crippen LogP contribution in [0.15, 0.2) is 41.3 Å². The number of hydrogen-bond donors (Lipinski definition) is 2. The number of hydrogen-bond acceptors (Lipinski definition) is 8. The van der Waals surface area contributed by atoms with Gasteiger partial charge in [0.25, 0.3) is 11.5 Å². The van der Waals surface area contributed by atoms with Crippen LogP contribution in [0.2, 0.25) is 25.2 Å². The van der Waals surface area contributed by atoms with Crippen molar-refractivity contribution >= 4 is 47.0 Å². The van der Waals surface area contributed by atoms with Gasteiger partial charge in [-0.1, -0.05) is 13.1 Å². The third-order valence-electron chi connectivity index (χ3n) is 7.39. The van der Waals surface area contributed by atoms with Gasteiger partial charge in [0.1, 0.15) is 5.69 Å². The Bertz CT molecular complexity index is 1390. The molecule has 4 rings (SSSR count). The quantitative estimate of drug-likeness (QED) is 0.336. The molecule has 0 aliphatic carbocycles. The van der Waals surface area contributed by atoms with Crippen molar-refractivity contribution in [2.24, 2.45) is 0 Å². The Morgan fingerprint density at radius 2 is 1.82 bits per heavy atom. The summed E-state index contributed by atoms with van der Waals surface area (Å²) in [5.41, 5.74) is 1.03. The molecule has 0 spiro atoms. The lowest BCUT2D eigenvalue weighted by molar-refractivity contribution is -0.139. The summed E-state index contributed by atoms with van der Waals surface area (Å²) >= 11 is 0. The second-order valence-electron chi connectivity index (χ2n) is 11.0. The molecule has 0 atom stereocenters. The molecule has 0 radical (unpaired) electrons. The lowest BCUT2D eigenvalue weighted by Crippen LogP contribution is -2.43. The number of nitrogens with one attached hydrogen (secondary N) is 2. The van der Waals surface area contributed by atoms with E-state index in [1.807, 2.05) is 0 Å². The molecule has 2 fully saturated rings. The van der Waals surface area contributed by atoms with Gasteiger partial charge < -0.3 is 24.3 Å². The predicted octanol–water partition coefficient (Wildman–Crippen LogP) is 3.29. The molecule has 13 heteroatoms. The number of ether oxygens (including phenoxy) is 2. The first kappa shape index (κ1) is 29.8. The fourth-order valence-electron chi connectivity index (χ4n) is 5.02. The zero-order valence-electron chi connectivity index (χ0n) is 23.3. The highest BCUT2D eigenvalue weighted by Crippen LogP contribution is 2.32. The Morgan fingerprint density at radius 3 is 2.50 bits per heavy atom. The summed E-state index contributed by atoms with van der Waals surface area (Å²) in [7, 11) is -5.35. The van der Waals surface area contributed by atoms with Crippen molar-refractivity contribution in [2.45, 2.75) is 51.0 Å². The maximum Gasteiger partial charge on any atom is 0.323 e. The standard InChI is InChI=1S/C27H38N4O7SSi/c1-4-38-25(32)19-39(35,36)29-20-7-8-22(24(18-20)30-12-16-40(2,3)17-13-30)26(33)28-23-6-5-11-31(27(23)34)21-9-14-37-15-10-21/h5-8,11,18,21,29H,4,9-10,12-17,19H2,1-3H3,(H,28,33). The van der Waals surface area contributed by atoms with Crippen molar-refractivity contribution < 1.29 is 27.5 Å². The predicted molar refractivity (Wildman–Crippen MR) is 158 cm³/mol. The topological polar surface area (TPSA) is 136 Å². The summed E-state index contributed by atoms with van der Waals surface area (Å²) in [4.78, 5) is 40.6. The van der Waals surface area contributed by atoms with Crippen LogP contribution in [0.25, 0.3) is 0 Å².